The van der Waals surface area contributed by atoms with Gasteiger partial charge in [0.25, 0.3) is 0 Å². The van der Waals surface area contributed by atoms with E-state index in [-0.39, 0.29) is 6.03 Å². The van der Waals surface area contributed by atoms with Gasteiger partial charge < -0.3 is 15.3 Å². The van der Waals surface area contributed by atoms with Crippen molar-refractivity contribution < 1.29 is 14.7 Å². The number of urea groups is 1. The lowest BCUT2D eigenvalue weighted by Crippen LogP contribution is -2.46. The smallest absolute Gasteiger partial charge is 0.326 e. The molecule has 1 atom stereocenters. The number of rotatable bonds is 7. The first-order chi connectivity index (χ1) is 9.95. The third-order valence-electron chi connectivity index (χ3n) is 2.92. The third-order valence-corrected chi connectivity index (χ3v) is 4.34. The molecule has 1 aromatic rings. The second-order valence-electron chi connectivity index (χ2n) is 4.57. The van der Waals surface area contributed by atoms with Crippen LogP contribution in [0.5, 0.6) is 0 Å². The summed E-state index contributed by atoms with van der Waals surface area (Å²) in [6, 6.07) is 6.36. The fourth-order valence-corrected chi connectivity index (χ4v) is 2.59. The van der Waals surface area contributed by atoms with Crippen LogP contribution < -0.4 is 5.32 Å². The van der Waals surface area contributed by atoms with Crippen molar-refractivity contribution in [2.75, 3.05) is 19.1 Å². The molecule has 1 aromatic carbocycles. The molecular weight excluding hydrogens is 356 g/mol. The SMILES string of the molecule is CSCC[C@@H](NC(=O)N(C)Cc1ccccc1Br)C(=O)O. The number of halogens is 1. The summed E-state index contributed by atoms with van der Waals surface area (Å²) in [5.74, 6) is -0.322. The van der Waals surface area contributed by atoms with Crippen LogP contribution in [0.15, 0.2) is 28.7 Å². The number of carbonyl (C=O) groups excluding carboxylic acids is 1. The van der Waals surface area contributed by atoms with Crippen molar-refractivity contribution in [2.24, 2.45) is 0 Å². The number of carboxylic acids is 1. The molecule has 0 heterocycles. The second-order valence-corrected chi connectivity index (χ2v) is 6.41. The van der Waals surface area contributed by atoms with Crippen LogP contribution >= 0.6 is 27.7 Å². The van der Waals surface area contributed by atoms with Gasteiger partial charge in [0.05, 0.1) is 0 Å². The highest BCUT2D eigenvalue weighted by molar-refractivity contribution is 9.10. The number of aliphatic carboxylic acids is 1. The standard InChI is InChI=1S/C14H19BrN2O3S/c1-17(9-10-5-3-4-6-11(10)15)14(20)16-12(13(18)19)7-8-21-2/h3-6,12H,7-9H2,1-2H3,(H,16,20)(H,18,19)/t12-/m1/s1. The number of carboxylic acid groups (broad SMARTS) is 1. The molecule has 0 aromatic heterocycles. The van der Waals surface area contributed by atoms with Crippen LogP contribution in [0.4, 0.5) is 4.79 Å². The number of hydrogen-bond donors (Lipinski definition) is 2. The number of nitrogens with one attached hydrogen (secondary N) is 1. The number of thioether (sulfide) groups is 1. The summed E-state index contributed by atoms with van der Waals surface area (Å²) < 4.78 is 0.918. The van der Waals surface area contributed by atoms with Gasteiger partial charge in [0, 0.05) is 18.1 Å². The van der Waals surface area contributed by atoms with E-state index in [0.29, 0.717) is 18.7 Å². The lowest BCUT2D eigenvalue weighted by molar-refractivity contribution is -0.139. The van der Waals surface area contributed by atoms with E-state index in [0.717, 1.165) is 10.0 Å². The maximum absolute atomic E-state index is 12.1. The van der Waals surface area contributed by atoms with Crippen LogP contribution in [-0.2, 0) is 11.3 Å². The molecule has 0 aliphatic heterocycles. The Morgan fingerprint density at radius 3 is 2.67 bits per heavy atom. The van der Waals surface area contributed by atoms with E-state index in [4.69, 9.17) is 5.11 Å². The van der Waals surface area contributed by atoms with Crippen LogP contribution in [-0.4, -0.2) is 47.1 Å². The molecule has 0 aliphatic carbocycles. The first-order valence-corrected chi connectivity index (χ1v) is 8.61. The predicted octanol–water partition coefficient (Wildman–Crippen LogP) is 2.80. The topological polar surface area (TPSA) is 69.6 Å². The molecule has 0 saturated heterocycles. The number of benzene rings is 1. The second kappa shape index (κ2) is 8.94. The molecule has 0 fully saturated rings. The normalized spacial score (nSPS) is 11.8. The Morgan fingerprint density at radius 2 is 2.10 bits per heavy atom. The molecule has 116 valence electrons. The molecule has 2 amide bonds. The molecule has 2 N–H and O–H groups in total. The van der Waals surface area contributed by atoms with Gasteiger partial charge in [0.1, 0.15) is 6.04 Å². The Morgan fingerprint density at radius 1 is 1.43 bits per heavy atom. The summed E-state index contributed by atoms with van der Waals surface area (Å²) in [4.78, 5) is 24.7. The Balaban J connectivity index is 2.61. The number of amides is 2. The Hall–Kier alpha value is -1.21. The van der Waals surface area contributed by atoms with Crippen molar-refractivity contribution in [1.82, 2.24) is 10.2 Å². The van der Waals surface area contributed by atoms with Crippen molar-refractivity contribution >= 4 is 39.7 Å². The van der Waals surface area contributed by atoms with Gasteiger partial charge in [-0.3, -0.25) is 0 Å². The predicted molar refractivity (Wildman–Crippen MR) is 88.6 cm³/mol. The van der Waals surface area contributed by atoms with E-state index < -0.39 is 12.0 Å². The van der Waals surface area contributed by atoms with Crippen molar-refractivity contribution in [3.05, 3.63) is 34.3 Å². The van der Waals surface area contributed by atoms with Gasteiger partial charge in [0.15, 0.2) is 0 Å². The molecule has 0 aliphatic rings. The molecule has 5 nitrogen and oxygen atoms in total. The first kappa shape index (κ1) is 17.8. The van der Waals surface area contributed by atoms with Crippen molar-refractivity contribution in [3.63, 3.8) is 0 Å². The van der Waals surface area contributed by atoms with Crippen LogP contribution in [0.2, 0.25) is 0 Å². The molecule has 0 bridgehead atoms. The molecule has 1 rings (SSSR count). The van der Waals surface area contributed by atoms with E-state index in [2.05, 4.69) is 21.2 Å². The Labute approximate surface area is 137 Å². The van der Waals surface area contributed by atoms with Crippen LogP contribution in [0.1, 0.15) is 12.0 Å². The van der Waals surface area contributed by atoms with Crippen LogP contribution in [0.25, 0.3) is 0 Å². The number of carbonyl (C=O) groups is 2. The Kier molecular flexibility index (Phi) is 7.60. The average molecular weight is 375 g/mol. The lowest BCUT2D eigenvalue weighted by Gasteiger charge is -2.21. The zero-order chi connectivity index (χ0) is 15.8. The van der Waals surface area contributed by atoms with Crippen molar-refractivity contribution in [2.45, 2.75) is 19.0 Å². The maximum Gasteiger partial charge on any atom is 0.326 e. The van der Waals surface area contributed by atoms with Crippen molar-refractivity contribution in [1.29, 1.82) is 0 Å². The molecule has 0 radical (unpaired) electrons. The van der Waals surface area contributed by atoms with Gasteiger partial charge in [-0.15, -0.1) is 0 Å². The summed E-state index contributed by atoms with van der Waals surface area (Å²) in [7, 11) is 1.64. The minimum atomic E-state index is -1.01. The van der Waals surface area contributed by atoms with Gasteiger partial charge in [0.2, 0.25) is 0 Å². The minimum Gasteiger partial charge on any atom is -0.480 e. The number of nitrogens with zero attached hydrogens (tertiary/aromatic N) is 1. The molecule has 7 heteroatoms. The summed E-state index contributed by atoms with van der Waals surface area (Å²) >= 11 is 4.98. The highest BCUT2D eigenvalue weighted by atomic mass is 79.9. The van der Waals surface area contributed by atoms with Gasteiger partial charge in [-0.1, -0.05) is 34.1 Å². The van der Waals surface area contributed by atoms with E-state index in [1.165, 1.54) is 4.90 Å². The Bertz CT molecular complexity index is 499. The van der Waals surface area contributed by atoms with Crippen LogP contribution in [0.3, 0.4) is 0 Å². The fourth-order valence-electron chi connectivity index (χ4n) is 1.71. The monoisotopic (exact) mass is 374 g/mol. The van der Waals surface area contributed by atoms with E-state index in [9.17, 15) is 9.59 Å². The summed E-state index contributed by atoms with van der Waals surface area (Å²) in [6.45, 7) is 0.405. The van der Waals surface area contributed by atoms with E-state index >= 15 is 0 Å². The minimum absolute atomic E-state index is 0.390. The zero-order valence-corrected chi connectivity index (χ0v) is 14.4. The molecule has 0 spiro atoms. The van der Waals surface area contributed by atoms with Gasteiger partial charge in [-0.2, -0.15) is 11.8 Å². The van der Waals surface area contributed by atoms with E-state index in [1.54, 1.807) is 18.8 Å². The van der Waals surface area contributed by atoms with Gasteiger partial charge >= 0.3 is 12.0 Å². The quantitative estimate of drug-likeness (QED) is 0.769. The van der Waals surface area contributed by atoms with E-state index in [1.807, 2.05) is 30.5 Å². The first-order valence-electron chi connectivity index (χ1n) is 6.42. The largest absolute Gasteiger partial charge is 0.480 e. The maximum atomic E-state index is 12.1. The van der Waals surface area contributed by atoms with Gasteiger partial charge in [-0.05, 0) is 30.1 Å². The number of hydrogen-bond acceptors (Lipinski definition) is 3. The summed E-state index contributed by atoms with van der Waals surface area (Å²) in [5.41, 5.74) is 0.964. The molecule has 0 unspecified atom stereocenters. The molecule has 21 heavy (non-hydrogen) atoms. The molecular formula is C14H19BrN2O3S. The van der Waals surface area contributed by atoms with Crippen molar-refractivity contribution in [3.8, 4) is 0 Å². The zero-order valence-electron chi connectivity index (χ0n) is 12.0. The van der Waals surface area contributed by atoms with Crippen LogP contribution in [0, 0.1) is 0 Å². The summed E-state index contributed by atoms with van der Waals surface area (Å²) in [5, 5.41) is 11.7. The highest BCUT2D eigenvalue weighted by Crippen LogP contribution is 2.17. The summed E-state index contributed by atoms with van der Waals surface area (Å²) in [6.07, 6.45) is 2.31. The average Bonchev–Trinajstić information content (AvgIpc) is 2.45. The third kappa shape index (κ3) is 5.97. The lowest BCUT2D eigenvalue weighted by atomic mass is 10.2. The highest BCUT2D eigenvalue weighted by Gasteiger charge is 2.21. The molecule has 0 saturated carbocycles. The van der Waals surface area contributed by atoms with Gasteiger partial charge in [-0.25, -0.2) is 9.59 Å². The fraction of sp³-hybridized carbons (Fsp3) is 0.429.